The maximum absolute atomic E-state index is 4.70. The third-order valence-electron chi connectivity index (χ3n) is 10.8. The monoisotopic (exact) mass is 698 g/mol. The van der Waals surface area contributed by atoms with Gasteiger partial charge < -0.3 is 4.57 Å². The molecule has 9 aromatic rings. The standard InChI is InChI=1S/C48H30N2S2/c1-2-13-33(14-3-1)50-41-20-7-4-15-35(41)47-34(16-12-21-42(47)50)31-24-26-38-45(29-31)51-43-22-8-5-17-36(43)48(38)37-18-6-9-23-44(37)52-46-30-32(25-27-39(46)48)40-19-10-11-28-49-40/h1-30H. The van der Waals surface area contributed by atoms with Crippen molar-refractivity contribution in [2.24, 2.45) is 0 Å². The molecule has 52 heavy (non-hydrogen) atoms. The van der Waals surface area contributed by atoms with Crippen molar-refractivity contribution < 1.29 is 0 Å². The van der Waals surface area contributed by atoms with Gasteiger partial charge in [-0.05, 0) is 94.0 Å². The summed E-state index contributed by atoms with van der Waals surface area (Å²) in [6, 6.07) is 64.7. The molecule has 1 unspecified atom stereocenters. The molecule has 4 heteroatoms. The van der Waals surface area contributed by atoms with Gasteiger partial charge in [-0.1, -0.05) is 139 Å². The van der Waals surface area contributed by atoms with Crippen molar-refractivity contribution in [3.05, 3.63) is 204 Å². The lowest BCUT2D eigenvalue weighted by Crippen LogP contribution is -2.36. The predicted octanol–water partition coefficient (Wildman–Crippen LogP) is 12.8. The fraction of sp³-hybridized carbons (Fsp3) is 0.0208. The number of hydrogen-bond donors (Lipinski definition) is 0. The normalized spacial score (nSPS) is 15.6. The second kappa shape index (κ2) is 11.6. The van der Waals surface area contributed by atoms with E-state index in [0.717, 1.165) is 11.3 Å². The molecular formula is C48H30N2S2. The van der Waals surface area contributed by atoms with Crippen molar-refractivity contribution in [3.63, 3.8) is 0 Å². The zero-order valence-electron chi connectivity index (χ0n) is 28.0. The molecule has 1 atom stereocenters. The zero-order valence-corrected chi connectivity index (χ0v) is 29.7. The molecule has 4 heterocycles. The van der Waals surface area contributed by atoms with E-state index in [1.165, 1.54) is 80.5 Å². The summed E-state index contributed by atoms with van der Waals surface area (Å²) in [5.41, 5.74) is 13.1. The van der Waals surface area contributed by atoms with Crippen molar-refractivity contribution in [3.8, 4) is 28.1 Å². The van der Waals surface area contributed by atoms with Crippen molar-refractivity contribution in [2.45, 2.75) is 25.0 Å². The minimum atomic E-state index is -0.467. The van der Waals surface area contributed by atoms with Crippen LogP contribution in [0.1, 0.15) is 22.3 Å². The highest BCUT2D eigenvalue weighted by Crippen LogP contribution is 2.62. The predicted molar refractivity (Wildman–Crippen MR) is 216 cm³/mol. The summed E-state index contributed by atoms with van der Waals surface area (Å²) in [6.45, 7) is 0. The molecule has 244 valence electrons. The van der Waals surface area contributed by atoms with Gasteiger partial charge in [-0.15, -0.1) is 0 Å². The van der Waals surface area contributed by atoms with Gasteiger partial charge in [-0.3, -0.25) is 4.98 Å². The number of hydrogen-bond acceptors (Lipinski definition) is 3. The molecule has 0 saturated heterocycles. The fourth-order valence-corrected chi connectivity index (χ4v) is 11.1. The van der Waals surface area contributed by atoms with E-state index >= 15 is 0 Å². The van der Waals surface area contributed by atoms with Gasteiger partial charge in [0.1, 0.15) is 0 Å². The highest BCUT2D eigenvalue weighted by Gasteiger charge is 2.48. The summed E-state index contributed by atoms with van der Waals surface area (Å²) < 4.78 is 2.40. The van der Waals surface area contributed by atoms with Crippen LogP contribution in [0, 0.1) is 0 Å². The molecule has 2 aliphatic rings. The first-order chi connectivity index (χ1) is 25.8. The van der Waals surface area contributed by atoms with Crippen LogP contribution >= 0.6 is 23.5 Å². The quantitative estimate of drug-likeness (QED) is 0.183. The van der Waals surface area contributed by atoms with Crippen LogP contribution in [0.5, 0.6) is 0 Å². The van der Waals surface area contributed by atoms with E-state index in [1.807, 2.05) is 35.8 Å². The Morgan fingerprint density at radius 3 is 1.77 bits per heavy atom. The van der Waals surface area contributed by atoms with E-state index in [4.69, 9.17) is 4.98 Å². The molecular weight excluding hydrogens is 669 g/mol. The van der Waals surface area contributed by atoms with Crippen LogP contribution < -0.4 is 0 Å². The van der Waals surface area contributed by atoms with Gasteiger partial charge in [0.2, 0.25) is 0 Å². The molecule has 0 aliphatic carbocycles. The first kappa shape index (κ1) is 29.9. The van der Waals surface area contributed by atoms with Crippen LogP contribution in [0.4, 0.5) is 0 Å². The van der Waals surface area contributed by atoms with Gasteiger partial charge in [0, 0.05) is 47.8 Å². The maximum Gasteiger partial charge on any atom is 0.0745 e. The van der Waals surface area contributed by atoms with Crippen LogP contribution in [0.3, 0.4) is 0 Å². The summed E-state index contributed by atoms with van der Waals surface area (Å²) in [4.78, 5) is 9.86. The molecule has 0 N–H and O–H groups in total. The third-order valence-corrected chi connectivity index (χ3v) is 13.0. The van der Waals surface area contributed by atoms with Crippen molar-refractivity contribution in [1.82, 2.24) is 9.55 Å². The lowest BCUT2D eigenvalue weighted by Gasteiger charge is -2.45. The summed E-state index contributed by atoms with van der Waals surface area (Å²) in [6.07, 6.45) is 1.88. The van der Waals surface area contributed by atoms with Crippen molar-refractivity contribution in [1.29, 1.82) is 0 Å². The van der Waals surface area contributed by atoms with Gasteiger partial charge in [0.05, 0.1) is 22.1 Å². The van der Waals surface area contributed by atoms with Crippen LogP contribution in [0.25, 0.3) is 49.9 Å². The lowest BCUT2D eigenvalue weighted by molar-refractivity contribution is 0.667. The summed E-state index contributed by atoms with van der Waals surface area (Å²) >= 11 is 3.77. The van der Waals surface area contributed by atoms with Crippen LogP contribution in [-0.4, -0.2) is 9.55 Å². The molecule has 7 aromatic carbocycles. The Hall–Kier alpha value is -5.81. The Kier molecular flexibility index (Phi) is 6.67. The first-order valence-electron chi connectivity index (χ1n) is 17.6. The number of nitrogens with zero attached hydrogens (tertiary/aromatic N) is 2. The average Bonchev–Trinajstić information content (AvgIpc) is 3.56. The first-order valence-corrected chi connectivity index (χ1v) is 19.3. The summed E-state index contributed by atoms with van der Waals surface area (Å²) in [7, 11) is 0. The second-order valence-corrected chi connectivity index (χ2v) is 15.6. The topological polar surface area (TPSA) is 17.8 Å². The Balaban J connectivity index is 1.17. The Labute approximate surface area is 310 Å². The van der Waals surface area contributed by atoms with E-state index in [0.29, 0.717) is 0 Å². The third kappa shape index (κ3) is 4.25. The van der Waals surface area contributed by atoms with Gasteiger partial charge >= 0.3 is 0 Å². The molecule has 0 saturated carbocycles. The lowest BCUT2D eigenvalue weighted by atomic mass is 9.64. The SMILES string of the molecule is c1ccc(-n2c3ccccc3c3c(-c4ccc5c(c4)Sc4ccccc4C54c5ccccc5Sc5cc(-c6ccccn6)ccc54)cccc32)cc1. The molecule has 11 rings (SSSR count). The molecule has 0 fully saturated rings. The zero-order chi connectivity index (χ0) is 34.2. The van der Waals surface area contributed by atoms with E-state index in [2.05, 4.69) is 174 Å². The summed E-state index contributed by atoms with van der Waals surface area (Å²) in [5, 5.41) is 2.55. The summed E-state index contributed by atoms with van der Waals surface area (Å²) in [5.74, 6) is 0. The molecule has 0 bridgehead atoms. The Bertz CT molecular complexity index is 2850. The molecule has 2 aromatic heterocycles. The molecule has 1 spiro atoms. The fourth-order valence-electron chi connectivity index (χ4n) is 8.65. The van der Waals surface area contributed by atoms with Gasteiger partial charge in [-0.2, -0.15) is 0 Å². The number of fused-ring (bicyclic) bond motifs is 11. The second-order valence-electron chi connectivity index (χ2n) is 13.5. The van der Waals surface area contributed by atoms with E-state index in [1.54, 1.807) is 0 Å². The highest BCUT2D eigenvalue weighted by molar-refractivity contribution is 8.00. The van der Waals surface area contributed by atoms with Crippen LogP contribution in [0.2, 0.25) is 0 Å². The van der Waals surface area contributed by atoms with Crippen molar-refractivity contribution >= 4 is 45.3 Å². The molecule has 2 nitrogen and oxygen atoms in total. The van der Waals surface area contributed by atoms with Gasteiger partial charge in [0.15, 0.2) is 0 Å². The smallest absolute Gasteiger partial charge is 0.0745 e. The number of benzene rings is 7. The van der Waals surface area contributed by atoms with E-state index < -0.39 is 5.41 Å². The Morgan fingerprint density at radius 1 is 0.442 bits per heavy atom. The van der Waals surface area contributed by atoms with Crippen LogP contribution in [-0.2, 0) is 5.41 Å². The maximum atomic E-state index is 4.70. The number of para-hydroxylation sites is 2. The number of rotatable bonds is 3. The van der Waals surface area contributed by atoms with E-state index in [9.17, 15) is 0 Å². The minimum absolute atomic E-state index is 0.467. The molecule has 2 aliphatic heterocycles. The minimum Gasteiger partial charge on any atom is -0.309 e. The van der Waals surface area contributed by atoms with Gasteiger partial charge in [-0.25, -0.2) is 0 Å². The van der Waals surface area contributed by atoms with Crippen molar-refractivity contribution in [2.75, 3.05) is 0 Å². The van der Waals surface area contributed by atoms with Gasteiger partial charge in [0.25, 0.3) is 0 Å². The number of pyridine rings is 1. The Morgan fingerprint density at radius 2 is 1.04 bits per heavy atom. The molecule has 0 radical (unpaired) electrons. The highest BCUT2D eigenvalue weighted by atomic mass is 32.2. The average molecular weight is 699 g/mol. The number of aromatic nitrogens is 2. The van der Waals surface area contributed by atoms with E-state index in [-0.39, 0.29) is 0 Å². The molecule has 0 amide bonds. The van der Waals surface area contributed by atoms with Crippen LogP contribution in [0.15, 0.2) is 202 Å². The largest absolute Gasteiger partial charge is 0.309 e.